The van der Waals surface area contributed by atoms with Gasteiger partial charge in [0.1, 0.15) is 0 Å². The second-order valence-electron chi connectivity index (χ2n) is 3.97. The molecule has 0 aromatic carbocycles. The van der Waals surface area contributed by atoms with Crippen LogP contribution in [0.25, 0.3) is 0 Å². The van der Waals surface area contributed by atoms with Crippen molar-refractivity contribution >= 4 is 31.6 Å². The Balaban J connectivity index is 2.40. The van der Waals surface area contributed by atoms with Crippen molar-refractivity contribution in [1.29, 1.82) is 0 Å². The molecule has 0 unspecified atom stereocenters. The third-order valence-corrected chi connectivity index (χ3v) is 5.40. The molecule has 1 aliphatic rings. The lowest BCUT2D eigenvalue weighted by atomic mass is 10.3. The van der Waals surface area contributed by atoms with E-state index in [-0.39, 0.29) is 5.25 Å². The molecule has 2 rings (SSSR count). The number of pyridine rings is 1. The second kappa shape index (κ2) is 4.00. The summed E-state index contributed by atoms with van der Waals surface area (Å²) in [6.07, 6.45) is 3.21. The Kier molecular flexibility index (Phi) is 2.96. The molecular weight excluding hydrogens is 292 g/mol. The summed E-state index contributed by atoms with van der Waals surface area (Å²) in [7, 11) is -1.60. The van der Waals surface area contributed by atoms with Crippen LogP contribution in [0.15, 0.2) is 16.7 Å². The molecule has 0 saturated heterocycles. The van der Waals surface area contributed by atoms with Crippen LogP contribution in [0.4, 0.5) is 5.69 Å². The summed E-state index contributed by atoms with van der Waals surface area (Å²) < 4.78 is 26.2. The summed E-state index contributed by atoms with van der Waals surface area (Å²) in [4.78, 5) is 4.14. The zero-order valence-corrected chi connectivity index (χ0v) is 11.5. The van der Waals surface area contributed by atoms with E-state index in [9.17, 15) is 8.42 Å². The smallest absolute Gasteiger partial charge is 0.237 e. The van der Waals surface area contributed by atoms with E-state index in [1.54, 1.807) is 26.2 Å². The summed E-state index contributed by atoms with van der Waals surface area (Å²) in [6, 6.07) is 1.78. The molecule has 1 saturated carbocycles. The van der Waals surface area contributed by atoms with Crippen molar-refractivity contribution in [3.8, 4) is 0 Å². The lowest BCUT2D eigenvalue weighted by molar-refractivity contribution is 0.593. The van der Waals surface area contributed by atoms with Gasteiger partial charge in [-0.3, -0.25) is 9.29 Å². The average Bonchev–Trinajstić information content (AvgIpc) is 3.04. The third-order valence-electron chi connectivity index (χ3n) is 2.69. The number of aryl methyl sites for hydroxylation is 1. The molecule has 0 N–H and O–H groups in total. The van der Waals surface area contributed by atoms with E-state index in [0.29, 0.717) is 5.69 Å². The van der Waals surface area contributed by atoms with Gasteiger partial charge >= 0.3 is 0 Å². The zero-order valence-electron chi connectivity index (χ0n) is 9.14. The molecule has 0 amide bonds. The Labute approximate surface area is 104 Å². The highest BCUT2D eigenvalue weighted by molar-refractivity contribution is 9.10. The van der Waals surface area contributed by atoms with E-state index in [4.69, 9.17) is 0 Å². The van der Waals surface area contributed by atoms with Crippen LogP contribution >= 0.6 is 15.9 Å². The molecule has 4 nitrogen and oxygen atoms in total. The summed E-state index contributed by atoms with van der Waals surface area (Å²) in [5.74, 6) is 0. The normalized spacial score (nSPS) is 16.2. The van der Waals surface area contributed by atoms with Gasteiger partial charge in [-0.05, 0) is 41.8 Å². The van der Waals surface area contributed by atoms with Crippen LogP contribution in [0.2, 0.25) is 0 Å². The predicted octanol–water partition coefficient (Wildman–Crippen LogP) is 2.08. The first-order chi connectivity index (χ1) is 7.43. The maximum absolute atomic E-state index is 12.0. The van der Waals surface area contributed by atoms with Crippen molar-refractivity contribution in [3.63, 3.8) is 0 Å². The average molecular weight is 305 g/mol. The number of nitrogens with zero attached hydrogens (tertiary/aromatic N) is 2. The van der Waals surface area contributed by atoms with Crippen molar-refractivity contribution in [2.75, 3.05) is 11.4 Å². The molecule has 1 heterocycles. The highest BCUT2D eigenvalue weighted by Crippen LogP contribution is 2.34. The first-order valence-electron chi connectivity index (χ1n) is 5.03. The van der Waals surface area contributed by atoms with Gasteiger partial charge < -0.3 is 0 Å². The van der Waals surface area contributed by atoms with Gasteiger partial charge in [0.25, 0.3) is 0 Å². The summed E-state index contributed by atoms with van der Waals surface area (Å²) in [5.41, 5.74) is 1.36. The number of rotatable bonds is 3. The molecule has 1 aliphatic carbocycles. The molecule has 16 heavy (non-hydrogen) atoms. The minimum atomic E-state index is -3.19. The zero-order chi connectivity index (χ0) is 11.9. The number of hydrogen-bond donors (Lipinski definition) is 0. The van der Waals surface area contributed by atoms with Crippen molar-refractivity contribution in [2.45, 2.75) is 25.0 Å². The molecule has 1 aromatic heterocycles. The van der Waals surface area contributed by atoms with Crippen molar-refractivity contribution in [3.05, 3.63) is 22.4 Å². The van der Waals surface area contributed by atoms with Crippen molar-refractivity contribution in [2.24, 2.45) is 0 Å². The van der Waals surface area contributed by atoms with Crippen LogP contribution in [0, 0.1) is 6.92 Å². The number of halogens is 1. The lowest BCUT2D eigenvalue weighted by Crippen LogP contribution is -2.30. The Morgan fingerprint density at radius 1 is 1.50 bits per heavy atom. The maximum Gasteiger partial charge on any atom is 0.237 e. The van der Waals surface area contributed by atoms with Gasteiger partial charge in [-0.15, -0.1) is 0 Å². The number of anilines is 1. The molecule has 0 radical (unpaired) electrons. The van der Waals surface area contributed by atoms with Crippen LogP contribution in [-0.2, 0) is 10.0 Å². The van der Waals surface area contributed by atoms with Crippen LogP contribution in [0.1, 0.15) is 18.5 Å². The van der Waals surface area contributed by atoms with Crippen molar-refractivity contribution < 1.29 is 8.42 Å². The minimum Gasteiger partial charge on any atom is -0.271 e. The van der Waals surface area contributed by atoms with Crippen LogP contribution in [-0.4, -0.2) is 25.7 Å². The fourth-order valence-corrected chi connectivity index (χ4v) is 3.50. The summed E-state index contributed by atoms with van der Waals surface area (Å²) >= 11 is 3.30. The SMILES string of the molecule is Cc1ncc(Br)cc1N(C)S(=O)(=O)C1CC1. The lowest BCUT2D eigenvalue weighted by Gasteiger charge is -2.20. The van der Waals surface area contributed by atoms with Gasteiger partial charge in [0, 0.05) is 17.7 Å². The van der Waals surface area contributed by atoms with Gasteiger partial charge in [0.15, 0.2) is 0 Å². The van der Waals surface area contributed by atoms with Crippen molar-refractivity contribution in [1.82, 2.24) is 4.98 Å². The fourth-order valence-electron chi connectivity index (χ4n) is 1.54. The number of hydrogen-bond acceptors (Lipinski definition) is 3. The monoisotopic (exact) mass is 304 g/mol. The highest BCUT2D eigenvalue weighted by Gasteiger charge is 2.39. The molecule has 1 fully saturated rings. The molecule has 6 heteroatoms. The topological polar surface area (TPSA) is 50.3 Å². The molecular formula is C10H13BrN2O2S. The maximum atomic E-state index is 12.0. The minimum absolute atomic E-state index is 0.198. The van der Waals surface area contributed by atoms with Crippen LogP contribution < -0.4 is 4.31 Å². The van der Waals surface area contributed by atoms with E-state index in [1.807, 2.05) is 0 Å². The quantitative estimate of drug-likeness (QED) is 0.859. The molecule has 0 spiro atoms. The predicted molar refractivity (Wildman–Crippen MR) is 67.0 cm³/mol. The fraction of sp³-hybridized carbons (Fsp3) is 0.500. The van der Waals surface area contributed by atoms with Gasteiger partial charge in [0.05, 0.1) is 16.6 Å². The molecule has 0 bridgehead atoms. The van der Waals surface area contributed by atoms with Gasteiger partial charge in [0.2, 0.25) is 10.0 Å². The summed E-state index contributed by atoms with van der Waals surface area (Å²) in [5, 5.41) is -0.198. The van der Waals surface area contributed by atoms with Gasteiger partial charge in [-0.1, -0.05) is 0 Å². The first-order valence-corrected chi connectivity index (χ1v) is 7.32. The van der Waals surface area contributed by atoms with Gasteiger partial charge in [-0.25, -0.2) is 8.42 Å². The molecule has 0 atom stereocenters. The highest BCUT2D eigenvalue weighted by atomic mass is 79.9. The van der Waals surface area contributed by atoms with E-state index in [2.05, 4.69) is 20.9 Å². The van der Waals surface area contributed by atoms with Gasteiger partial charge in [-0.2, -0.15) is 0 Å². The number of aromatic nitrogens is 1. The molecule has 1 aromatic rings. The van der Waals surface area contributed by atoms with E-state index in [1.165, 1.54) is 4.31 Å². The standard InChI is InChI=1S/C10H13BrN2O2S/c1-7-10(5-8(11)6-12-7)13(2)16(14,15)9-3-4-9/h5-6,9H,3-4H2,1-2H3. The van der Waals surface area contributed by atoms with E-state index in [0.717, 1.165) is 23.0 Å². The summed E-state index contributed by atoms with van der Waals surface area (Å²) in [6.45, 7) is 1.81. The van der Waals surface area contributed by atoms with E-state index < -0.39 is 10.0 Å². The molecule has 0 aliphatic heterocycles. The Hall–Kier alpha value is -0.620. The van der Waals surface area contributed by atoms with Crippen LogP contribution in [0.3, 0.4) is 0 Å². The largest absolute Gasteiger partial charge is 0.271 e. The Morgan fingerprint density at radius 3 is 2.69 bits per heavy atom. The second-order valence-corrected chi connectivity index (χ2v) is 7.13. The third kappa shape index (κ3) is 2.08. The first kappa shape index (κ1) is 11.9. The van der Waals surface area contributed by atoms with E-state index >= 15 is 0 Å². The Bertz CT molecular complexity index is 512. The molecule has 88 valence electrons. The van der Waals surface area contributed by atoms with Crippen LogP contribution in [0.5, 0.6) is 0 Å². The Morgan fingerprint density at radius 2 is 2.12 bits per heavy atom. The number of sulfonamides is 1.